The van der Waals surface area contributed by atoms with Gasteiger partial charge in [-0.25, -0.2) is 9.37 Å². The largest absolute Gasteiger partial charge is 0.508 e. The molecule has 1 saturated carbocycles. The van der Waals surface area contributed by atoms with E-state index in [-0.39, 0.29) is 5.75 Å². The van der Waals surface area contributed by atoms with E-state index in [4.69, 9.17) is 4.98 Å². The lowest BCUT2D eigenvalue weighted by atomic mass is 10.0. The van der Waals surface area contributed by atoms with Gasteiger partial charge in [0.2, 0.25) is 0 Å². The van der Waals surface area contributed by atoms with Crippen molar-refractivity contribution in [3.05, 3.63) is 78.9 Å². The molecule has 0 radical (unpaired) electrons. The van der Waals surface area contributed by atoms with Crippen molar-refractivity contribution < 1.29 is 14.6 Å². The molecule has 0 bridgehead atoms. The molecule has 4 heterocycles. The van der Waals surface area contributed by atoms with Gasteiger partial charge in [-0.1, -0.05) is 12.1 Å². The number of aromatic nitrogens is 5. The van der Waals surface area contributed by atoms with Crippen molar-refractivity contribution in [3.8, 4) is 39.5 Å². The molecule has 0 amide bonds. The first-order valence-corrected chi connectivity index (χ1v) is 12.4. The van der Waals surface area contributed by atoms with Crippen LogP contribution in [0.15, 0.2) is 73.1 Å². The van der Waals surface area contributed by atoms with E-state index in [1.54, 1.807) is 18.5 Å². The van der Waals surface area contributed by atoms with Crippen LogP contribution in [0.3, 0.4) is 0 Å². The Balaban J connectivity index is 1.28. The molecule has 0 spiro atoms. The summed E-state index contributed by atoms with van der Waals surface area (Å²) in [6, 6.07) is 17.5. The minimum Gasteiger partial charge on any atom is -0.508 e. The van der Waals surface area contributed by atoms with Crippen molar-refractivity contribution in [1.82, 2.24) is 25.1 Å². The second kappa shape index (κ2) is 8.67. The highest BCUT2D eigenvalue weighted by Crippen LogP contribution is 2.36. The van der Waals surface area contributed by atoms with Crippen LogP contribution in [0.2, 0.25) is 0 Å². The Labute approximate surface area is 216 Å². The zero-order valence-electron chi connectivity index (χ0n) is 20.1. The molecule has 9 heteroatoms. The van der Waals surface area contributed by atoms with Crippen LogP contribution in [0.4, 0.5) is 10.1 Å². The molecule has 7 rings (SSSR count). The lowest BCUT2D eigenvalue weighted by molar-refractivity contribution is 0.180. The summed E-state index contributed by atoms with van der Waals surface area (Å²) in [4.78, 5) is 12.6. The van der Waals surface area contributed by atoms with Crippen LogP contribution < -0.4 is 5.32 Å². The number of aliphatic hydroxyl groups excluding tert-OH is 1. The van der Waals surface area contributed by atoms with Gasteiger partial charge in [-0.15, -0.1) is 0 Å². The Hall–Kier alpha value is -4.76. The summed E-state index contributed by atoms with van der Waals surface area (Å²) in [5, 5.41) is 31.8. The number of halogens is 1. The van der Waals surface area contributed by atoms with Crippen molar-refractivity contribution in [3.63, 3.8) is 0 Å². The maximum Gasteiger partial charge on any atom is 0.135 e. The predicted molar refractivity (Wildman–Crippen MR) is 144 cm³/mol. The number of phenolic OH excluding ortho intramolecular Hbond substituents is 1. The summed E-state index contributed by atoms with van der Waals surface area (Å²) in [6.45, 7) is 0. The van der Waals surface area contributed by atoms with Crippen LogP contribution in [0.1, 0.15) is 12.8 Å². The van der Waals surface area contributed by atoms with Gasteiger partial charge in [-0.3, -0.25) is 10.1 Å². The number of H-pyrrole nitrogens is 2. The molecule has 38 heavy (non-hydrogen) atoms. The summed E-state index contributed by atoms with van der Waals surface area (Å²) >= 11 is 0. The van der Waals surface area contributed by atoms with Crippen molar-refractivity contribution in [2.75, 3.05) is 5.32 Å². The van der Waals surface area contributed by atoms with E-state index in [2.05, 4.69) is 25.5 Å². The van der Waals surface area contributed by atoms with Crippen molar-refractivity contribution in [1.29, 1.82) is 0 Å². The number of hydrogen-bond donors (Lipinski definition) is 5. The van der Waals surface area contributed by atoms with E-state index in [0.29, 0.717) is 22.7 Å². The number of aliphatic hydroxyl groups is 1. The molecule has 0 saturated heterocycles. The summed E-state index contributed by atoms with van der Waals surface area (Å²) in [6.07, 6.45) is 4.92. The Bertz CT molecular complexity index is 1800. The minimum atomic E-state index is -0.578. The summed E-state index contributed by atoms with van der Waals surface area (Å²) in [5.74, 6) is -0.331. The van der Waals surface area contributed by atoms with Gasteiger partial charge in [-0.2, -0.15) is 5.10 Å². The second-order valence-electron chi connectivity index (χ2n) is 9.70. The molecule has 1 fully saturated rings. The van der Waals surface area contributed by atoms with Gasteiger partial charge in [0.1, 0.15) is 29.0 Å². The number of anilines is 1. The van der Waals surface area contributed by atoms with Crippen LogP contribution in [-0.4, -0.2) is 41.6 Å². The van der Waals surface area contributed by atoms with Crippen LogP contribution in [0.5, 0.6) is 5.75 Å². The Morgan fingerprint density at radius 3 is 2.71 bits per heavy atom. The average molecular weight is 507 g/mol. The lowest BCUT2D eigenvalue weighted by Gasteiger charge is -2.13. The number of benzene rings is 2. The van der Waals surface area contributed by atoms with Crippen molar-refractivity contribution in [2.24, 2.45) is 5.92 Å². The molecule has 8 nitrogen and oxygen atoms in total. The highest BCUT2D eigenvalue weighted by Gasteiger charge is 2.29. The van der Waals surface area contributed by atoms with E-state index in [9.17, 15) is 14.6 Å². The molecule has 4 aromatic heterocycles. The number of aromatic amines is 2. The number of nitrogens with one attached hydrogen (secondary N) is 3. The lowest BCUT2D eigenvalue weighted by Crippen LogP contribution is -2.20. The van der Waals surface area contributed by atoms with Gasteiger partial charge < -0.3 is 20.5 Å². The number of hydrogen-bond acceptors (Lipinski definition) is 6. The normalized spacial score (nSPS) is 14.3. The highest BCUT2D eigenvalue weighted by atomic mass is 19.1. The average Bonchev–Trinajstić information content (AvgIpc) is 3.54. The fraction of sp³-hybridized carbons (Fsp3) is 0.138. The molecule has 2 aromatic carbocycles. The van der Waals surface area contributed by atoms with Gasteiger partial charge in [0.15, 0.2) is 0 Å². The van der Waals surface area contributed by atoms with Gasteiger partial charge in [-0.05, 0) is 66.4 Å². The summed E-state index contributed by atoms with van der Waals surface area (Å²) < 4.78 is 14.0. The first-order chi connectivity index (χ1) is 18.5. The predicted octanol–water partition coefficient (Wildman–Crippen LogP) is 5.82. The molecule has 1 atom stereocenters. The number of aromatic hydroxyl groups is 1. The number of fused-ring (bicyclic) bond motifs is 2. The summed E-state index contributed by atoms with van der Waals surface area (Å²) in [5.41, 5.74) is 7.38. The molecule has 6 aromatic rings. The molecular weight excluding hydrogens is 483 g/mol. The first kappa shape index (κ1) is 22.4. The zero-order valence-corrected chi connectivity index (χ0v) is 20.1. The van der Waals surface area contributed by atoms with Crippen molar-refractivity contribution >= 4 is 27.6 Å². The maximum atomic E-state index is 14.0. The monoisotopic (exact) mass is 506 g/mol. The van der Waals surface area contributed by atoms with Crippen LogP contribution in [0, 0.1) is 11.7 Å². The fourth-order valence-corrected chi connectivity index (χ4v) is 4.87. The molecule has 1 aliphatic rings. The van der Waals surface area contributed by atoms with Crippen LogP contribution in [-0.2, 0) is 0 Å². The minimum absolute atomic E-state index is 0.126. The van der Waals surface area contributed by atoms with E-state index >= 15 is 0 Å². The van der Waals surface area contributed by atoms with E-state index < -0.39 is 12.0 Å². The molecule has 0 aliphatic heterocycles. The molecule has 1 aliphatic carbocycles. The molecule has 1 unspecified atom stereocenters. The standard InChI is InChI=1S/C29H23FN6O2/c30-18-8-16(10-20(37)11-18)21-2-1-3-24-22(21)12-26(33-24)28-27-25(35-36-28)7-6-23(34-27)17-9-19(14-31-13-17)32-29(38)15-4-5-15/h1-3,6-15,29,32-33,37-38H,4-5H2,(H,35,36). The summed E-state index contributed by atoms with van der Waals surface area (Å²) in [7, 11) is 0. The van der Waals surface area contributed by atoms with Gasteiger partial charge >= 0.3 is 0 Å². The topological polar surface area (TPSA) is 123 Å². The second-order valence-corrected chi connectivity index (χ2v) is 9.70. The third kappa shape index (κ3) is 4.03. The van der Waals surface area contributed by atoms with Crippen LogP contribution >= 0.6 is 0 Å². The van der Waals surface area contributed by atoms with Crippen LogP contribution in [0.25, 0.3) is 55.7 Å². The highest BCUT2D eigenvalue weighted by molar-refractivity contribution is 6.00. The van der Waals surface area contributed by atoms with Gasteiger partial charge in [0.05, 0.1) is 28.8 Å². The molecule has 188 valence electrons. The Morgan fingerprint density at radius 1 is 0.974 bits per heavy atom. The van der Waals surface area contributed by atoms with Gasteiger partial charge in [0, 0.05) is 34.6 Å². The van der Waals surface area contributed by atoms with Gasteiger partial charge in [0.25, 0.3) is 0 Å². The molecule has 5 N–H and O–H groups in total. The maximum absolute atomic E-state index is 14.0. The number of nitrogens with zero attached hydrogens (tertiary/aromatic N) is 3. The van der Waals surface area contributed by atoms with E-state index in [1.165, 1.54) is 6.07 Å². The third-order valence-corrected chi connectivity index (χ3v) is 6.94. The molecular formula is C29H23FN6O2. The fourth-order valence-electron chi connectivity index (χ4n) is 4.87. The first-order valence-electron chi connectivity index (χ1n) is 12.4. The number of rotatable bonds is 6. The SMILES string of the molecule is Oc1cc(F)cc(-c2cccc3[nH]c(-c4n[nH]c5ccc(-c6cncc(NC(O)C7CC7)c6)nc45)cc23)c1. The smallest absolute Gasteiger partial charge is 0.135 e. The quantitative estimate of drug-likeness (QED) is 0.181. The Morgan fingerprint density at radius 2 is 1.87 bits per heavy atom. The number of pyridine rings is 2. The number of phenols is 1. The van der Waals surface area contributed by atoms with Crippen molar-refractivity contribution in [2.45, 2.75) is 19.1 Å². The zero-order chi connectivity index (χ0) is 25.8. The third-order valence-electron chi connectivity index (χ3n) is 6.94. The Kier molecular flexibility index (Phi) is 5.12. The van der Waals surface area contributed by atoms with E-state index in [1.807, 2.05) is 42.5 Å². The van der Waals surface area contributed by atoms with E-state index in [0.717, 1.165) is 63.5 Å².